The van der Waals surface area contributed by atoms with E-state index in [1.165, 1.54) is 13.2 Å². The van der Waals surface area contributed by atoms with Crippen LogP contribution in [0.1, 0.15) is 9.67 Å². The number of thiophene rings is 1. The third-order valence-electron chi connectivity index (χ3n) is 2.55. The van der Waals surface area contributed by atoms with Crippen LogP contribution in [0.15, 0.2) is 30.3 Å². The topological polar surface area (TPSA) is 84.5 Å². The first kappa shape index (κ1) is 16.6. The molecule has 2 aromatic rings. The lowest BCUT2D eigenvalue weighted by atomic mass is 10.2. The molecule has 0 saturated carbocycles. The smallest absolute Gasteiger partial charge is 0.265 e. The molecule has 22 heavy (non-hydrogen) atoms. The third-order valence-corrected chi connectivity index (χ3v) is 4.37. The van der Waals surface area contributed by atoms with E-state index in [1.807, 2.05) is 0 Å². The molecule has 0 fully saturated rings. The van der Waals surface area contributed by atoms with Crippen LogP contribution in [0.3, 0.4) is 0 Å². The standard InChI is InChI=1S/C13H13ClN2O4S2/c1-20-10-4-3-8(7-9(10)16-22(2,18)19)15-13(17)11-5-6-12(14)21-11/h3-7,16H,1-2H3,(H,15,17). The van der Waals surface area contributed by atoms with Gasteiger partial charge in [-0.05, 0) is 30.3 Å². The second-order valence-corrected chi connectivity index (χ2v) is 7.81. The van der Waals surface area contributed by atoms with E-state index in [2.05, 4.69) is 10.0 Å². The molecular weight excluding hydrogens is 348 g/mol. The number of ether oxygens (including phenoxy) is 1. The van der Waals surface area contributed by atoms with E-state index in [0.29, 0.717) is 20.7 Å². The molecule has 0 unspecified atom stereocenters. The lowest BCUT2D eigenvalue weighted by molar-refractivity contribution is 0.103. The van der Waals surface area contributed by atoms with Gasteiger partial charge >= 0.3 is 0 Å². The van der Waals surface area contributed by atoms with Crippen molar-refractivity contribution in [2.24, 2.45) is 0 Å². The molecule has 1 heterocycles. The quantitative estimate of drug-likeness (QED) is 0.858. The van der Waals surface area contributed by atoms with Gasteiger partial charge in [0.15, 0.2) is 0 Å². The first-order chi connectivity index (χ1) is 10.3. The van der Waals surface area contributed by atoms with Crippen LogP contribution in [-0.4, -0.2) is 27.7 Å². The van der Waals surface area contributed by atoms with Crippen molar-refractivity contribution in [1.82, 2.24) is 0 Å². The number of methoxy groups -OCH3 is 1. The van der Waals surface area contributed by atoms with Crippen molar-refractivity contribution in [3.63, 3.8) is 0 Å². The monoisotopic (exact) mass is 360 g/mol. The zero-order chi connectivity index (χ0) is 16.3. The third kappa shape index (κ3) is 4.36. The summed E-state index contributed by atoms with van der Waals surface area (Å²) < 4.78 is 30.7. The van der Waals surface area contributed by atoms with Gasteiger partial charge in [-0.2, -0.15) is 0 Å². The normalized spacial score (nSPS) is 11.0. The summed E-state index contributed by atoms with van der Waals surface area (Å²) in [5.41, 5.74) is 0.675. The predicted molar refractivity (Wildman–Crippen MR) is 88.7 cm³/mol. The number of sulfonamides is 1. The van der Waals surface area contributed by atoms with Gasteiger partial charge in [0.2, 0.25) is 10.0 Å². The fourth-order valence-corrected chi connectivity index (χ4v) is 3.19. The number of nitrogens with one attached hydrogen (secondary N) is 2. The van der Waals surface area contributed by atoms with Crippen molar-refractivity contribution in [3.8, 4) is 5.75 Å². The molecule has 0 bridgehead atoms. The van der Waals surface area contributed by atoms with E-state index in [4.69, 9.17) is 16.3 Å². The number of carbonyl (C=O) groups excluding carboxylic acids is 1. The molecule has 0 aliphatic rings. The Morgan fingerprint density at radius 3 is 2.55 bits per heavy atom. The van der Waals surface area contributed by atoms with Crippen molar-refractivity contribution in [1.29, 1.82) is 0 Å². The van der Waals surface area contributed by atoms with Crippen molar-refractivity contribution >= 4 is 50.2 Å². The molecule has 2 rings (SSSR count). The minimum Gasteiger partial charge on any atom is -0.495 e. The molecule has 6 nitrogen and oxygen atoms in total. The van der Waals surface area contributed by atoms with Gasteiger partial charge in [0.05, 0.1) is 28.3 Å². The summed E-state index contributed by atoms with van der Waals surface area (Å²) in [5, 5.41) is 2.67. The Bertz CT molecular complexity index is 802. The SMILES string of the molecule is COc1ccc(NC(=O)c2ccc(Cl)s2)cc1NS(C)(=O)=O. The van der Waals surface area contributed by atoms with Crippen LogP contribution in [-0.2, 0) is 10.0 Å². The van der Waals surface area contributed by atoms with Crippen LogP contribution in [0.4, 0.5) is 11.4 Å². The number of hydrogen-bond donors (Lipinski definition) is 2. The summed E-state index contributed by atoms with van der Waals surface area (Å²) in [6, 6.07) is 7.89. The molecule has 1 aromatic heterocycles. The molecule has 0 atom stereocenters. The van der Waals surface area contributed by atoms with E-state index in [0.717, 1.165) is 17.6 Å². The zero-order valence-corrected chi connectivity index (χ0v) is 14.1. The molecular formula is C13H13ClN2O4S2. The lowest BCUT2D eigenvalue weighted by Gasteiger charge is -2.12. The Balaban J connectivity index is 2.25. The van der Waals surface area contributed by atoms with Crippen LogP contribution in [0.2, 0.25) is 4.34 Å². The Labute approximate surface area is 137 Å². The molecule has 2 N–H and O–H groups in total. The van der Waals surface area contributed by atoms with Gasteiger partial charge in [-0.25, -0.2) is 8.42 Å². The molecule has 9 heteroatoms. The van der Waals surface area contributed by atoms with Crippen molar-refractivity contribution in [2.45, 2.75) is 0 Å². The fourth-order valence-electron chi connectivity index (χ4n) is 1.69. The highest BCUT2D eigenvalue weighted by molar-refractivity contribution is 7.92. The summed E-state index contributed by atoms with van der Waals surface area (Å²) in [6.07, 6.45) is 1.03. The summed E-state index contributed by atoms with van der Waals surface area (Å²) in [4.78, 5) is 12.5. The number of hydrogen-bond acceptors (Lipinski definition) is 5. The van der Waals surface area contributed by atoms with E-state index >= 15 is 0 Å². The molecule has 0 aliphatic heterocycles. The largest absolute Gasteiger partial charge is 0.495 e. The minimum absolute atomic E-state index is 0.243. The van der Waals surface area contributed by atoms with Gasteiger partial charge in [-0.1, -0.05) is 11.6 Å². The average Bonchev–Trinajstić information content (AvgIpc) is 2.84. The highest BCUT2D eigenvalue weighted by atomic mass is 35.5. The van der Waals surface area contributed by atoms with Crippen molar-refractivity contribution in [2.75, 3.05) is 23.4 Å². The molecule has 1 amide bonds. The van der Waals surface area contributed by atoms with Gasteiger partial charge in [-0.3, -0.25) is 9.52 Å². The minimum atomic E-state index is -3.46. The number of halogens is 1. The van der Waals surface area contributed by atoms with E-state index < -0.39 is 10.0 Å². The summed E-state index contributed by atoms with van der Waals surface area (Å²) in [5.74, 6) is 0.0231. The predicted octanol–water partition coefficient (Wildman–Crippen LogP) is 3.03. The lowest BCUT2D eigenvalue weighted by Crippen LogP contribution is -2.13. The Hall–Kier alpha value is -1.77. The van der Waals surface area contributed by atoms with Crippen LogP contribution in [0.25, 0.3) is 0 Å². The highest BCUT2D eigenvalue weighted by Crippen LogP contribution is 2.29. The molecule has 1 aromatic carbocycles. The zero-order valence-electron chi connectivity index (χ0n) is 11.7. The maximum atomic E-state index is 12.0. The molecule has 0 saturated heterocycles. The summed E-state index contributed by atoms with van der Waals surface area (Å²) >= 11 is 6.94. The Kier molecular flexibility index (Phi) is 4.94. The second kappa shape index (κ2) is 6.55. The fraction of sp³-hybridized carbons (Fsp3) is 0.154. The van der Waals surface area contributed by atoms with E-state index in [-0.39, 0.29) is 11.6 Å². The second-order valence-electron chi connectivity index (χ2n) is 4.35. The first-order valence-corrected chi connectivity index (χ1v) is 9.09. The average molecular weight is 361 g/mol. The number of rotatable bonds is 5. The molecule has 0 spiro atoms. The number of amides is 1. The van der Waals surface area contributed by atoms with Crippen LogP contribution < -0.4 is 14.8 Å². The summed E-state index contributed by atoms with van der Waals surface area (Å²) in [7, 11) is -2.04. The Morgan fingerprint density at radius 2 is 2.00 bits per heavy atom. The number of benzene rings is 1. The van der Waals surface area contributed by atoms with E-state index in [1.54, 1.807) is 24.3 Å². The van der Waals surface area contributed by atoms with Gasteiger partial charge in [0, 0.05) is 5.69 Å². The number of carbonyl (C=O) groups is 1. The maximum Gasteiger partial charge on any atom is 0.265 e. The summed E-state index contributed by atoms with van der Waals surface area (Å²) in [6.45, 7) is 0. The van der Waals surface area contributed by atoms with Crippen molar-refractivity contribution in [3.05, 3.63) is 39.5 Å². The maximum absolute atomic E-state index is 12.0. The Morgan fingerprint density at radius 1 is 1.27 bits per heavy atom. The van der Waals surface area contributed by atoms with Gasteiger partial charge in [0.25, 0.3) is 5.91 Å². The van der Waals surface area contributed by atoms with Gasteiger partial charge in [-0.15, -0.1) is 11.3 Å². The first-order valence-electron chi connectivity index (χ1n) is 6.01. The van der Waals surface area contributed by atoms with Crippen molar-refractivity contribution < 1.29 is 17.9 Å². The molecule has 0 radical (unpaired) electrons. The van der Waals surface area contributed by atoms with Crippen LogP contribution >= 0.6 is 22.9 Å². The van der Waals surface area contributed by atoms with Gasteiger partial charge in [0.1, 0.15) is 5.75 Å². The van der Waals surface area contributed by atoms with Crippen LogP contribution in [0.5, 0.6) is 5.75 Å². The number of anilines is 2. The van der Waals surface area contributed by atoms with Crippen LogP contribution in [0, 0.1) is 0 Å². The highest BCUT2D eigenvalue weighted by Gasteiger charge is 2.12. The molecule has 0 aliphatic carbocycles. The van der Waals surface area contributed by atoms with Gasteiger partial charge < -0.3 is 10.1 Å². The van der Waals surface area contributed by atoms with E-state index in [9.17, 15) is 13.2 Å². The molecule has 118 valence electrons.